The standard InChI is InChI=1S/C22H27ClN2O5/c1-10(2)17-14-6-7-15(17)19(22(28)29)18(14)21(27)25-24-20(26)12(4)30-16-8-5-13(23)9-11(16)3/h5,8-9,12,14-15,18-19H,6-7H2,1-4H3,(H,24,26)(H,25,27)(H,28,29)/t12-,14-,15+,18-,19-/m1/s1. The quantitative estimate of drug-likeness (QED) is 0.487. The number of aliphatic carboxylic acids is 1. The summed E-state index contributed by atoms with van der Waals surface area (Å²) in [5.74, 6) is -3.13. The van der Waals surface area contributed by atoms with Crippen LogP contribution in [0, 0.1) is 30.6 Å². The molecule has 0 heterocycles. The predicted octanol–water partition coefficient (Wildman–Crippen LogP) is 3.26. The Kier molecular flexibility index (Phi) is 6.41. The number of carboxylic acids is 1. The van der Waals surface area contributed by atoms with Crippen molar-refractivity contribution in [3.63, 3.8) is 0 Å². The van der Waals surface area contributed by atoms with Crippen molar-refractivity contribution in [1.29, 1.82) is 0 Å². The van der Waals surface area contributed by atoms with E-state index in [9.17, 15) is 19.5 Å². The molecule has 0 aromatic heterocycles. The van der Waals surface area contributed by atoms with Crippen molar-refractivity contribution in [3.8, 4) is 5.75 Å². The summed E-state index contributed by atoms with van der Waals surface area (Å²) in [4.78, 5) is 37.1. The number of halogens is 1. The molecular formula is C22H27ClN2O5. The molecule has 8 heteroatoms. The van der Waals surface area contributed by atoms with Crippen LogP contribution in [0.15, 0.2) is 29.3 Å². The predicted molar refractivity (Wildman–Crippen MR) is 112 cm³/mol. The summed E-state index contributed by atoms with van der Waals surface area (Å²) in [5, 5.41) is 10.3. The number of carbonyl (C=O) groups excluding carboxylic acids is 2. The number of fused-ring (bicyclic) bond motifs is 2. The molecule has 2 amide bonds. The normalized spacial score (nSPS) is 25.6. The zero-order valence-corrected chi connectivity index (χ0v) is 18.2. The number of rotatable bonds is 5. The number of hydrogen-bond acceptors (Lipinski definition) is 4. The molecule has 0 spiro atoms. The van der Waals surface area contributed by atoms with Gasteiger partial charge in [-0.05, 0) is 76.1 Å². The van der Waals surface area contributed by atoms with Crippen LogP contribution in [-0.2, 0) is 14.4 Å². The van der Waals surface area contributed by atoms with Crippen molar-refractivity contribution in [3.05, 3.63) is 39.9 Å². The number of aryl methyl sites for hydroxylation is 1. The minimum absolute atomic E-state index is 0.0941. The third-order valence-electron chi connectivity index (χ3n) is 6.13. The van der Waals surface area contributed by atoms with Crippen LogP contribution in [0.2, 0.25) is 5.02 Å². The molecule has 3 N–H and O–H groups in total. The maximum absolute atomic E-state index is 12.8. The molecule has 0 aliphatic heterocycles. The summed E-state index contributed by atoms with van der Waals surface area (Å²) in [5.41, 5.74) is 7.74. The lowest BCUT2D eigenvalue weighted by Crippen LogP contribution is -2.51. The molecule has 2 aliphatic rings. The first-order valence-corrected chi connectivity index (χ1v) is 10.4. The lowest BCUT2D eigenvalue weighted by Gasteiger charge is -2.26. The van der Waals surface area contributed by atoms with Gasteiger partial charge in [0.15, 0.2) is 6.10 Å². The summed E-state index contributed by atoms with van der Waals surface area (Å²) in [6.45, 7) is 7.29. The smallest absolute Gasteiger partial charge is 0.307 e. The van der Waals surface area contributed by atoms with Gasteiger partial charge < -0.3 is 9.84 Å². The highest BCUT2D eigenvalue weighted by atomic mass is 35.5. The molecule has 0 saturated heterocycles. The van der Waals surface area contributed by atoms with Crippen LogP contribution < -0.4 is 15.6 Å². The Labute approximate surface area is 180 Å². The van der Waals surface area contributed by atoms with Gasteiger partial charge in [0.05, 0.1) is 11.8 Å². The van der Waals surface area contributed by atoms with Gasteiger partial charge in [0.25, 0.3) is 5.91 Å². The fourth-order valence-corrected chi connectivity index (χ4v) is 5.13. The molecule has 0 unspecified atom stereocenters. The number of hydrogen-bond donors (Lipinski definition) is 3. The fraction of sp³-hybridized carbons (Fsp3) is 0.500. The molecule has 30 heavy (non-hydrogen) atoms. The molecule has 3 rings (SSSR count). The second-order valence-electron chi connectivity index (χ2n) is 8.28. The molecular weight excluding hydrogens is 408 g/mol. The van der Waals surface area contributed by atoms with Crippen LogP contribution in [0.1, 0.15) is 39.2 Å². The second kappa shape index (κ2) is 8.68. The number of amides is 2. The van der Waals surface area contributed by atoms with Crippen molar-refractivity contribution in [2.45, 2.75) is 46.6 Å². The molecule has 5 atom stereocenters. The molecule has 2 bridgehead atoms. The van der Waals surface area contributed by atoms with E-state index in [0.717, 1.165) is 29.6 Å². The van der Waals surface area contributed by atoms with E-state index in [1.165, 1.54) is 0 Å². The van der Waals surface area contributed by atoms with Gasteiger partial charge in [0, 0.05) is 5.02 Å². The van der Waals surface area contributed by atoms with Crippen LogP contribution in [0.3, 0.4) is 0 Å². The number of hydrazine groups is 1. The average molecular weight is 435 g/mol. The van der Waals surface area contributed by atoms with Gasteiger partial charge in [0.1, 0.15) is 5.75 Å². The van der Waals surface area contributed by atoms with Gasteiger partial charge in [-0.25, -0.2) is 0 Å². The zero-order valence-electron chi connectivity index (χ0n) is 17.5. The van der Waals surface area contributed by atoms with Crippen LogP contribution >= 0.6 is 11.6 Å². The first kappa shape index (κ1) is 22.2. The minimum Gasteiger partial charge on any atom is -0.481 e. The summed E-state index contributed by atoms with van der Waals surface area (Å²) >= 11 is 5.93. The average Bonchev–Trinajstić information content (AvgIpc) is 3.24. The first-order chi connectivity index (χ1) is 14.1. The number of carbonyl (C=O) groups is 3. The Hall–Kier alpha value is -2.54. The number of allylic oxidation sites excluding steroid dienone is 2. The summed E-state index contributed by atoms with van der Waals surface area (Å²) in [6.07, 6.45) is 0.703. The van der Waals surface area contributed by atoms with Gasteiger partial charge in [-0.3, -0.25) is 25.2 Å². The van der Waals surface area contributed by atoms with Gasteiger partial charge in [-0.15, -0.1) is 0 Å². The number of carboxylic acid groups (broad SMARTS) is 1. The third-order valence-corrected chi connectivity index (χ3v) is 6.36. The van der Waals surface area contributed by atoms with E-state index in [1.54, 1.807) is 25.1 Å². The summed E-state index contributed by atoms with van der Waals surface area (Å²) < 4.78 is 5.65. The number of benzene rings is 1. The molecule has 0 radical (unpaired) electrons. The summed E-state index contributed by atoms with van der Waals surface area (Å²) in [7, 11) is 0. The molecule has 7 nitrogen and oxygen atoms in total. The maximum atomic E-state index is 12.8. The van der Waals surface area contributed by atoms with Gasteiger partial charge in [-0.1, -0.05) is 22.7 Å². The van der Waals surface area contributed by atoms with E-state index in [4.69, 9.17) is 16.3 Å². The highest BCUT2D eigenvalue weighted by Gasteiger charge is 2.57. The Balaban J connectivity index is 1.64. The van der Waals surface area contributed by atoms with Crippen LogP contribution in [0.25, 0.3) is 0 Å². The zero-order chi connectivity index (χ0) is 22.2. The molecule has 2 fully saturated rings. The van der Waals surface area contributed by atoms with E-state index >= 15 is 0 Å². The lowest BCUT2D eigenvalue weighted by atomic mass is 9.79. The van der Waals surface area contributed by atoms with Gasteiger partial charge in [0.2, 0.25) is 5.91 Å². The molecule has 2 aliphatic carbocycles. The Morgan fingerprint density at radius 2 is 1.77 bits per heavy atom. The second-order valence-corrected chi connectivity index (χ2v) is 8.72. The van der Waals surface area contributed by atoms with E-state index in [-0.39, 0.29) is 11.8 Å². The fourth-order valence-electron chi connectivity index (χ4n) is 4.90. The van der Waals surface area contributed by atoms with Crippen molar-refractivity contribution in [2.75, 3.05) is 0 Å². The monoisotopic (exact) mass is 434 g/mol. The van der Waals surface area contributed by atoms with Crippen molar-refractivity contribution < 1.29 is 24.2 Å². The number of nitrogens with one attached hydrogen (secondary N) is 2. The Morgan fingerprint density at radius 1 is 1.13 bits per heavy atom. The van der Waals surface area contributed by atoms with Crippen LogP contribution in [-0.4, -0.2) is 29.0 Å². The molecule has 1 aromatic rings. The van der Waals surface area contributed by atoms with E-state index in [1.807, 2.05) is 20.8 Å². The van der Waals surface area contributed by atoms with Gasteiger partial charge >= 0.3 is 5.97 Å². The van der Waals surface area contributed by atoms with Crippen LogP contribution in [0.4, 0.5) is 0 Å². The first-order valence-electron chi connectivity index (χ1n) is 10.0. The van der Waals surface area contributed by atoms with Crippen LogP contribution in [0.5, 0.6) is 5.75 Å². The third kappa shape index (κ3) is 4.17. The molecule has 2 saturated carbocycles. The lowest BCUT2D eigenvalue weighted by molar-refractivity contribution is -0.150. The van der Waals surface area contributed by atoms with Crippen molar-refractivity contribution in [2.24, 2.45) is 23.7 Å². The minimum atomic E-state index is -0.970. The van der Waals surface area contributed by atoms with E-state index in [2.05, 4.69) is 10.9 Å². The van der Waals surface area contributed by atoms with Crippen molar-refractivity contribution in [1.82, 2.24) is 10.9 Å². The van der Waals surface area contributed by atoms with E-state index in [0.29, 0.717) is 10.8 Å². The topological polar surface area (TPSA) is 105 Å². The highest BCUT2D eigenvalue weighted by molar-refractivity contribution is 6.30. The number of ether oxygens (including phenoxy) is 1. The summed E-state index contributed by atoms with van der Waals surface area (Å²) in [6, 6.07) is 5.07. The highest BCUT2D eigenvalue weighted by Crippen LogP contribution is 2.57. The Morgan fingerprint density at radius 3 is 2.33 bits per heavy atom. The van der Waals surface area contributed by atoms with Gasteiger partial charge in [-0.2, -0.15) is 0 Å². The SMILES string of the molecule is CC(C)=C1[C@H]2CC[C@@H]1[C@@H](C(=O)O)[C@@H]2C(=O)NNC(=O)[C@@H](C)Oc1ccc(Cl)cc1C. The molecule has 1 aromatic carbocycles. The Bertz CT molecular complexity index is 909. The molecule has 162 valence electrons. The largest absolute Gasteiger partial charge is 0.481 e. The van der Waals surface area contributed by atoms with Crippen molar-refractivity contribution >= 4 is 29.4 Å². The maximum Gasteiger partial charge on any atom is 0.307 e. The van der Waals surface area contributed by atoms with E-state index < -0.39 is 35.7 Å².